The van der Waals surface area contributed by atoms with E-state index < -0.39 is 32.8 Å². The second-order valence-electron chi connectivity index (χ2n) is 9.79. The second-order valence-corrected chi connectivity index (χ2v) is 12.1. The van der Waals surface area contributed by atoms with Crippen LogP contribution in [-0.4, -0.2) is 80.9 Å². The van der Waals surface area contributed by atoms with E-state index in [0.29, 0.717) is 36.6 Å². The van der Waals surface area contributed by atoms with Crippen LogP contribution in [0.4, 0.5) is 5.69 Å². The first-order valence-corrected chi connectivity index (χ1v) is 14.9. The SMILES string of the molecule is COC(=O)C1=C(C)NC(C)=C(C(=O)OCCN2CCN(S(=O)(=O)c3ccccc3Cl)CC2)[C@@H]1c1cccc([N+](=O)[O-])c1. The van der Waals surface area contributed by atoms with Crippen LogP contribution < -0.4 is 5.32 Å². The van der Waals surface area contributed by atoms with Gasteiger partial charge in [0, 0.05) is 56.3 Å². The zero-order valence-electron chi connectivity index (χ0n) is 23.3. The van der Waals surface area contributed by atoms with Crippen molar-refractivity contribution in [2.24, 2.45) is 0 Å². The van der Waals surface area contributed by atoms with Gasteiger partial charge in [0.05, 0.1) is 34.1 Å². The third-order valence-corrected chi connectivity index (χ3v) is 9.62. The lowest BCUT2D eigenvalue weighted by Crippen LogP contribution is -2.49. The molecule has 2 aromatic carbocycles. The maximum Gasteiger partial charge on any atom is 0.336 e. The highest BCUT2D eigenvalue weighted by atomic mass is 35.5. The van der Waals surface area contributed by atoms with E-state index in [0.717, 1.165) is 0 Å². The van der Waals surface area contributed by atoms with Crippen molar-refractivity contribution in [1.29, 1.82) is 0 Å². The normalized spacial score (nSPS) is 18.4. The van der Waals surface area contributed by atoms with Crippen molar-refractivity contribution in [2.75, 3.05) is 46.4 Å². The van der Waals surface area contributed by atoms with E-state index >= 15 is 0 Å². The van der Waals surface area contributed by atoms with E-state index in [-0.39, 0.29) is 46.4 Å². The van der Waals surface area contributed by atoms with Gasteiger partial charge >= 0.3 is 11.9 Å². The minimum Gasteiger partial charge on any atom is -0.466 e. The highest BCUT2D eigenvalue weighted by Crippen LogP contribution is 2.40. The zero-order chi connectivity index (χ0) is 30.6. The van der Waals surface area contributed by atoms with Crippen LogP contribution >= 0.6 is 11.6 Å². The summed E-state index contributed by atoms with van der Waals surface area (Å²) in [5.41, 5.74) is 1.36. The largest absolute Gasteiger partial charge is 0.466 e. The Kier molecular flexibility index (Phi) is 9.67. The quantitative estimate of drug-likeness (QED) is 0.252. The Morgan fingerprint density at radius 1 is 1.02 bits per heavy atom. The van der Waals surface area contributed by atoms with Crippen molar-refractivity contribution in [1.82, 2.24) is 14.5 Å². The van der Waals surface area contributed by atoms with E-state index in [2.05, 4.69) is 5.32 Å². The number of nitrogens with one attached hydrogen (secondary N) is 1. The molecule has 2 aromatic rings. The second kappa shape index (κ2) is 13.0. The fourth-order valence-electron chi connectivity index (χ4n) is 5.13. The fraction of sp³-hybridized carbons (Fsp3) is 0.357. The van der Waals surface area contributed by atoms with E-state index in [1.54, 1.807) is 32.0 Å². The number of piperazine rings is 1. The molecule has 12 nitrogen and oxygen atoms in total. The Morgan fingerprint density at radius 3 is 2.29 bits per heavy atom. The molecule has 42 heavy (non-hydrogen) atoms. The molecule has 2 heterocycles. The number of methoxy groups -OCH3 is 1. The van der Waals surface area contributed by atoms with Crippen LogP contribution in [-0.2, 0) is 29.1 Å². The Balaban J connectivity index is 1.45. The summed E-state index contributed by atoms with van der Waals surface area (Å²) < 4.78 is 38.0. The number of allylic oxidation sites excluding steroid dienone is 2. The molecule has 0 saturated carbocycles. The molecule has 224 valence electrons. The number of ether oxygens (including phenoxy) is 2. The van der Waals surface area contributed by atoms with Crippen molar-refractivity contribution in [3.05, 3.63) is 91.8 Å². The first kappa shape index (κ1) is 31.2. The van der Waals surface area contributed by atoms with Crippen molar-refractivity contribution in [3.8, 4) is 0 Å². The van der Waals surface area contributed by atoms with E-state index in [1.165, 1.54) is 41.7 Å². The minimum atomic E-state index is -3.74. The smallest absolute Gasteiger partial charge is 0.336 e. The Hall–Kier alpha value is -3.78. The Labute approximate surface area is 248 Å². The summed E-state index contributed by atoms with van der Waals surface area (Å²) in [6, 6.07) is 12.0. The van der Waals surface area contributed by atoms with E-state index in [9.17, 15) is 28.1 Å². The van der Waals surface area contributed by atoms with Gasteiger partial charge in [-0.25, -0.2) is 18.0 Å². The number of nitrogens with zero attached hydrogens (tertiary/aromatic N) is 3. The van der Waals surface area contributed by atoms with Crippen molar-refractivity contribution < 1.29 is 32.4 Å². The van der Waals surface area contributed by atoms with Gasteiger partial charge in [-0.05, 0) is 31.5 Å². The van der Waals surface area contributed by atoms with Crippen LogP contribution in [0.1, 0.15) is 25.3 Å². The molecule has 1 N–H and O–H groups in total. The van der Waals surface area contributed by atoms with Gasteiger partial charge in [-0.1, -0.05) is 35.9 Å². The van der Waals surface area contributed by atoms with Crippen molar-refractivity contribution in [3.63, 3.8) is 0 Å². The van der Waals surface area contributed by atoms with Gasteiger partial charge < -0.3 is 14.8 Å². The fourth-order valence-corrected chi connectivity index (χ4v) is 7.04. The lowest BCUT2D eigenvalue weighted by atomic mass is 9.80. The number of halogens is 1. The summed E-state index contributed by atoms with van der Waals surface area (Å²) in [7, 11) is -2.52. The lowest BCUT2D eigenvalue weighted by molar-refractivity contribution is -0.384. The number of hydrogen-bond donors (Lipinski definition) is 1. The Bertz CT molecular complexity index is 1560. The number of nitro groups is 1. The molecule has 0 amide bonds. The summed E-state index contributed by atoms with van der Waals surface area (Å²) in [6.45, 7) is 5.03. The maximum absolute atomic E-state index is 13.4. The predicted molar refractivity (Wildman–Crippen MR) is 154 cm³/mol. The van der Waals surface area contributed by atoms with Crippen LogP contribution in [0.25, 0.3) is 0 Å². The molecule has 0 spiro atoms. The number of esters is 2. The third kappa shape index (κ3) is 6.49. The number of carbonyl (C=O) groups excluding carboxylic acids is 2. The average molecular weight is 619 g/mol. The number of rotatable bonds is 9. The van der Waals surface area contributed by atoms with Crippen LogP contribution in [0.2, 0.25) is 5.02 Å². The Morgan fingerprint density at radius 2 is 1.67 bits per heavy atom. The van der Waals surface area contributed by atoms with Crippen LogP contribution in [0.3, 0.4) is 0 Å². The van der Waals surface area contributed by atoms with Gasteiger partial charge in [-0.15, -0.1) is 0 Å². The number of dihydropyridines is 1. The molecule has 1 fully saturated rings. The summed E-state index contributed by atoms with van der Waals surface area (Å²) >= 11 is 6.11. The summed E-state index contributed by atoms with van der Waals surface area (Å²) in [6.07, 6.45) is 0. The third-order valence-electron chi connectivity index (χ3n) is 7.23. The standard InChI is InChI=1S/C28H31ClN4O8S/c1-18-24(27(34)40-3)26(20-7-6-8-21(17-20)33(36)37)25(19(2)30-18)28(35)41-16-15-31-11-13-32(14-12-31)42(38,39)23-10-5-4-9-22(23)29/h4-10,17,26,30H,11-16H2,1-3H3/t26-/m1/s1. The van der Waals surface area contributed by atoms with Gasteiger partial charge in [0.15, 0.2) is 0 Å². The van der Waals surface area contributed by atoms with E-state index in [4.69, 9.17) is 21.1 Å². The maximum atomic E-state index is 13.4. The topological polar surface area (TPSA) is 148 Å². The predicted octanol–water partition coefficient (Wildman–Crippen LogP) is 3.21. The summed E-state index contributed by atoms with van der Waals surface area (Å²) in [4.78, 5) is 39.2. The van der Waals surface area contributed by atoms with Crippen LogP contribution in [0, 0.1) is 10.1 Å². The summed E-state index contributed by atoms with van der Waals surface area (Å²) in [5, 5.41) is 14.6. The zero-order valence-corrected chi connectivity index (χ0v) is 24.9. The molecule has 0 aliphatic carbocycles. The molecule has 2 aliphatic heterocycles. The van der Waals surface area contributed by atoms with E-state index in [1.807, 2.05) is 4.90 Å². The molecule has 1 atom stereocenters. The number of non-ortho nitro benzene ring substituents is 1. The molecular formula is C28H31ClN4O8S. The number of hydrogen-bond acceptors (Lipinski definition) is 10. The van der Waals surface area contributed by atoms with Crippen LogP contribution in [0.5, 0.6) is 0 Å². The molecule has 0 radical (unpaired) electrons. The number of carbonyl (C=O) groups is 2. The molecule has 1 saturated heterocycles. The van der Waals surface area contributed by atoms with Crippen molar-refractivity contribution >= 4 is 39.3 Å². The van der Waals surface area contributed by atoms with Gasteiger partial charge in [-0.2, -0.15) is 4.31 Å². The minimum absolute atomic E-state index is 0.00475. The molecule has 4 rings (SSSR count). The first-order valence-electron chi connectivity index (χ1n) is 13.1. The number of benzene rings is 2. The molecular weight excluding hydrogens is 588 g/mol. The highest BCUT2D eigenvalue weighted by Gasteiger charge is 2.38. The molecule has 0 bridgehead atoms. The van der Waals surface area contributed by atoms with Crippen molar-refractivity contribution in [2.45, 2.75) is 24.7 Å². The first-order chi connectivity index (χ1) is 19.9. The lowest BCUT2D eigenvalue weighted by Gasteiger charge is -2.34. The van der Waals surface area contributed by atoms with Gasteiger partial charge in [0.2, 0.25) is 10.0 Å². The highest BCUT2D eigenvalue weighted by molar-refractivity contribution is 7.89. The molecule has 14 heteroatoms. The van der Waals surface area contributed by atoms with Crippen LogP contribution in [0.15, 0.2) is 76.0 Å². The molecule has 0 aromatic heterocycles. The van der Waals surface area contributed by atoms with Gasteiger partial charge in [0.1, 0.15) is 11.5 Å². The monoisotopic (exact) mass is 618 g/mol. The molecule has 2 aliphatic rings. The number of sulfonamides is 1. The van der Waals surface area contributed by atoms with Gasteiger partial charge in [0.25, 0.3) is 5.69 Å². The van der Waals surface area contributed by atoms with Gasteiger partial charge in [-0.3, -0.25) is 15.0 Å². The average Bonchev–Trinajstić information content (AvgIpc) is 2.96. The molecule has 0 unspecified atom stereocenters. The summed E-state index contributed by atoms with van der Waals surface area (Å²) in [5.74, 6) is -2.33. The number of nitro benzene ring substituents is 1.